The molecule has 2 amide bonds. The summed E-state index contributed by atoms with van der Waals surface area (Å²) in [6, 6.07) is 8.19. The highest BCUT2D eigenvalue weighted by molar-refractivity contribution is 6.06. The molecule has 16 heavy (non-hydrogen) atoms. The van der Waals surface area contributed by atoms with Gasteiger partial charge in [-0.2, -0.15) is 5.26 Å². The Morgan fingerprint density at radius 2 is 2.00 bits per heavy atom. The van der Waals surface area contributed by atoms with Gasteiger partial charge in [-0.05, 0) is 24.3 Å². The second kappa shape index (κ2) is 4.03. The molecule has 0 spiro atoms. The number of carbonyl (C=O) groups excluding carboxylic acids is 2. The number of carbonyl (C=O) groups is 2. The molecule has 1 aliphatic rings. The summed E-state index contributed by atoms with van der Waals surface area (Å²) in [7, 11) is 0. The second-order valence-corrected chi connectivity index (χ2v) is 3.50. The van der Waals surface area contributed by atoms with Crippen LogP contribution in [0.1, 0.15) is 12.0 Å². The molecule has 5 nitrogen and oxygen atoms in total. The molecule has 0 bridgehead atoms. The summed E-state index contributed by atoms with van der Waals surface area (Å²) >= 11 is 0. The van der Waals surface area contributed by atoms with E-state index in [-0.39, 0.29) is 18.2 Å². The van der Waals surface area contributed by atoms with Crippen LogP contribution in [0.5, 0.6) is 0 Å². The van der Waals surface area contributed by atoms with E-state index >= 15 is 0 Å². The maximum atomic E-state index is 11.3. The van der Waals surface area contributed by atoms with Crippen LogP contribution in [0.25, 0.3) is 0 Å². The number of benzene rings is 1. The molecule has 2 N–H and O–H groups in total. The van der Waals surface area contributed by atoms with Crippen molar-refractivity contribution in [3.63, 3.8) is 0 Å². The third-order valence-corrected chi connectivity index (χ3v) is 2.32. The maximum Gasteiger partial charge on any atom is 0.249 e. The van der Waals surface area contributed by atoms with Gasteiger partial charge < -0.3 is 5.32 Å². The Bertz CT molecular complexity index is 473. The van der Waals surface area contributed by atoms with E-state index in [9.17, 15) is 9.59 Å². The van der Waals surface area contributed by atoms with Gasteiger partial charge in [0.05, 0.1) is 18.1 Å². The molecule has 0 aliphatic carbocycles. The third kappa shape index (κ3) is 2.01. The lowest BCUT2D eigenvalue weighted by Crippen LogP contribution is -2.29. The predicted molar refractivity (Wildman–Crippen MR) is 56.3 cm³/mol. The lowest BCUT2D eigenvalue weighted by molar-refractivity contribution is -0.124. The molecular formula is C11H9N3O2. The van der Waals surface area contributed by atoms with Crippen molar-refractivity contribution in [2.45, 2.75) is 12.5 Å². The van der Waals surface area contributed by atoms with E-state index in [0.717, 1.165) is 0 Å². The quantitative estimate of drug-likeness (QED) is 0.699. The van der Waals surface area contributed by atoms with E-state index in [1.807, 2.05) is 6.07 Å². The Labute approximate surface area is 92.1 Å². The van der Waals surface area contributed by atoms with Crippen molar-refractivity contribution < 1.29 is 9.59 Å². The number of rotatable bonds is 2. The van der Waals surface area contributed by atoms with Crippen LogP contribution in [0.3, 0.4) is 0 Å². The lowest BCUT2D eigenvalue weighted by Gasteiger charge is -2.10. The van der Waals surface area contributed by atoms with Gasteiger partial charge in [0.2, 0.25) is 11.8 Å². The van der Waals surface area contributed by atoms with Gasteiger partial charge >= 0.3 is 0 Å². The van der Waals surface area contributed by atoms with Gasteiger partial charge in [0, 0.05) is 5.69 Å². The van der Waals surface area contributed by atoms with E-state index in [1.54, 1.807) is 24.3 Å². The van der Waals surface area contributed by atoms with Crippen molar-refractivity contribution in [1.29, 1.82) is 5.26 Å². The number of nitrogens with one attached hydrogen (secondary N) is 2. The van der Waals surface area contributed by atoms with Crippen molar-refractivity contribution >= 4 is 17.5 Å². The SMILES string of the molecule is N#Cc1ccc(NC2CC(=O)NC2=O)cc1. The molecular weight excluding hydrogens is 206 g/mol. The minimum Gasteiger partial charge on any atom is -0.373 e. The summed E-state index contributed by atoms with van der Waals surface area (Å²) in [6.45, 7) is 0. The largest absolute Gasteiger partial charge is 0.373 e. The minimum atomic E-state index is -0.513. The van der Waals surface area contributed by atoms with E-state index in [0.29, 0.717) is 11.3 Å². The molecule has 1 aromatic carbocycles. The average molecular weight is 215 g/mol. The van der Waals surface area contributed by atoms with Crippen LogP contribution in [0.2, 0.25) is 0 Å². The molecule has 1 atom stereocenters. The molecule has 2 rings (SSSR count). The number of amides is 2. The maximum absolute atomic E-state index is 11.3. The first-order chi connectivity index (χ1) is 7.69. The monoisotopic (exact) mass is 215 g/mol. The Kier molecular flexibility index (Phi) is 2.56. The molecule has 5 heteroatoms. The van der Waals surface area contributed by atoms with Crippen LogP contribution in [0.4, 0.5) is 5.69 Å². The normalized spacial score (nSPS) is 19.1. The summed E-state index contributed by atoms with van der Waals surface area (Å²) in [4.78, 5) is 22.2. The highest BCUT2D eigenvalue weighted by atomic mass is 16.2. The van der Waals surface area contributed by atoms with Crippen LogP contribution in [0.15, 0.2) is 24.3 Å². The van der Waals surface area contributed by atoms with Crippen LogP contribution in [-0.4, -0.2) is 17.9 Å². The smallest absolute Gasteiger partial charge is 0.249 e. The van der Waals surface area contributed by atoms with E-state index in [4.69, 9.17) is 5.26 Å². The van der Waals surface area contributed by atoms with Crippen LogP contribution < -0.4 is 10.6 Å². The van der Waals surface area contributed by atoms with Crippen molar-refractivity contribution in [3.8, 4) is 6.07 Å². The molecule has 1 aliphatic heterocycles. The van der Waals surface area contributed by atoms with Crippen molar-refractivity contribution in [1.82, 2.24) is 5.32 Å². The number of anilines is 1. The Balaban J connectivity index is 2.07. The van der Waals surface area contributed by atoms with Crippen LogP contribution in [0, 0.1) is 11.3 Å². The molecule has 0 saturated carbocycles. The van der Waals surface area contributed by atoms with E-state index < -0.39 is 6.04 Å². The number of imide groups is 1. The predicted octanol–water partition coefficient (Wildman–Crippen LogP) is 0.385. The molecule has 1 heterocycles. The fraction of sp³-hybridized carbons (Fsp3) is 0.182. The lowest BCUT2D eigenvalue weighted by atomic mass is 10.2. The molecule has 0 radical (unpaired) electrons. The Morgan fingerprint density at radius 1 is 1.31 bits per heavy atom. The van der Waals surface area contributed by atoms with Crippen molar-refractivity contribution in [3.05, 3.63) is 29.8 Å². The average Bonchev–Trinajstić information content (AvgIpc) is 2.59. The van der Waals surface area contributed by atoms with E-state index in [1.165, 1.54) is 0 Å². The van der Waals surface area contributed by atoms with Crippen molar-refractivity contribution in [2.75, 3.05) is 5.32 Å². The molecule has 0 aromatic heterocycles. The van der Waals surface area contributed by atoms with Gasteiger partial charge in [-0.15, -0.1) is 0 Å². The first-order valence-corrected chi connectivity index (χ1v) is 4.79. The minimum absolute atomic E-state index is 0.152. The topological polar surface area (TPSA) is 82.0 Å². The molecule has 1 unspecified atom stereocenters. The number of hydrogen-bond donors (Lipinski definition) is 2. The van der Waals surface area contributed by atoms with E-state index in [2.05, 4.69) is 10.6 Å². The van der Waals surface area contributed by atoms with Crippen molar-refractivity contribution in [2.24, 2.45) is 0 Å². The van der Waals surface area contributed by atoms with Crippen LogP contribution in [-0.2, 0) is 9.59 Å². The summed E-state index contributed by atoms with van der Waals surface area (Å²) in [5.41, 5.74) is 1.27. The fourth-order valence-electron chi connectivity index (χ4n) is 1.51. The fourth-order valence-corrected chi connectivity index (χ4v) is 1.51. The number of nitriles is 1. The summed E-state index contributed by atoms with van der Waals surface area (Å²) in [5.74, 6) is -0.578. The number of nitrogens with zero attached hydrogens (tertiary/aromatic N) is 1. The first-order valence-electron chi connectivity index (χ1n) is 4.79. The molecule has 80 valence electrons. The first kappa shape index (κ1) is 10.2. The van der Waals surface area contributed by atoms with Gasteiger partial charge in [-0.1, -0.05) is 0 Å². The molecule has 1 saturated heterocycles. The zero-order chi connectivity index (χ0) is 11.5. The third-order valence-electron chi connectivity index (χ3n) is 2.32. The Morgan fingerprint density at radius 3 is 2.50 bits per heavy atom. The zero-order valence-corrected chi connectivity index (χ0v) is 8.36. The van der Waals surface area contributed by atoms with Crippen LogP contribution >= 0.6 is 0 Å². The highest BCUT2D eigenvalue weighted by Crippen LogP contribution is 2.13. The zero-order valence-electron chi connectivity index (χ0n) is 8.36. The molecule has 1 aromatic rings. The molecule has 1 fully saturated rings. The van der Waals surface area contributed by atoms with Gasteiger partial charge in [-0.3, -0.25) is 14.9 Å². The second-order valence-electron chi connectivity index (χ2n) is 3.50. The standard InChI is InChI=1S/C11H9N3O2/c12-6-7-1-3-8(4-2-7)13-9-5-10(15)14-11(9)16/h1-4,9,13H,5H2,(H,14,15,16). The summed E-state index contributed by atoms with van der Waals surface area (Å²) in [5, 5.41) is 13.8. The summed E-state index contributed by atoms with van der Waals surface area (Å²) in [6.07, 6.45) is 0.152. The highest BCUT2D eigenvalue weighted by Gasteiger charge is 2.30. The van der Waals surface area contributed by atoms with Gasteiger partial charge in [-0.25, -0.2) is 0 Å². The Hall–Kier alpha value is -2.35. The number of hydrogen-bond acceptors (Lipinski definition) is 4. The van der Waals surface area contributed by atoms with Gasteiger partial charge in [0.25, 0.3) is 0 Å². The van der Waals surface area contributed by atoms with Gasteiger partial charge in [0.1, 0.15) is 6.04 Å². The van der Waals surface area contributed by atoms with Gasteiger partial charge in [0.15, 0.2) is 0 Å². The summed E-state index contributed by atoms with van der Waals surface area (Å²) < 4.78 is 0.